The second kappa shape index (κ2) is 5.73. The lowest BCUT2D eigenvalue weighted by Gasteiger charge is -2.11. The van der Waals surface area contributed by atoms with E-state index >= 15 is 0 Å². The van der Waals surface area contributed by atoms with Crippen LogP contribution in [-0.4, -0.2) is 21.3 Å². The molecule has 1 heterocycles. The number of nitrogens with zero attached hydrogens (tertiary/aromatic N) is 3. The highest BCUT2D eigenvalue weighted by molar-refractivity contribution is 5.40. The summed E-state index contributed by atoms with van der Waals surface area (Å²) in [5.74, 6) is 0.327. The minimum atomic E-state index is -0.236. The Balaban J connectivity index is 2.19. The van der Waals surface area contributed by atoms with Crippen molar-refractivity contribution in [3.63, 3.8) is 0 Å². The second-order valence-corrected chi connectivity index (χ2v) is 4.64. The lowest BCUT2D eigenvalue weighted by Crippen LogP contribution is -2.20. The van der Waals surface area contributed by atoms with Crippen molar-refractivity contribution >= 4 is 0 Å². The Kier molecular flexibility index (Phi) is 4.04. The largest absolute Gasteiger partial charge is 0.312 e. The van der Waals surface area contributed by atoms with Crippen molar-refractivity contribution in [2.45, 2.75) is 20.4 Å². The predicted octanol–water partition coefficient (Wildman–Crippen LogP) is 2.15. The van der Waals surface area contributed by atoms with E-state index < -0.39 is 0 Å². The highest BCUT2D eigenvalue weighted by atomic mass is 19.1. The molecule has 0 saturated heterocycles. The van der Waals surface area contributed by atoms with Gasteiger partial charge in [0.2, 0.25) is 0 Å². The average molecular weight is 248 g/mol. The molecule has 1 aromatic carbocycles. The summed E-state index contributed by atoms with van der Waals surface area (Å²) in [5, 5.41) is 7.38. The Labute approximate surface area is 106 Å². The Morgan fingerprint density at radius 3 is 2.89 bits per heavy atom. The van der Waals surface area contributed by atoms with Crippen molar-refractivity contribution in [2.24, 2.45) is 5.92 Å². The van der Waals surface area contributed by atoms with Crippen LogP contribution in [0.15, 0.2) is 30.9 Å². The highest BCUT2D eigenvalue weighted by Crippen LogP contribution is 2.15. The van der Waals surface area contributed by atoms with Gasteiger partial charge in [-0.1, -0.05) is 13.8 Å². The molecule has 0 aliphatic heterocycles. The predicted molar refractivity (Wildman–Crippen MR) is 67.9 cm³/mol. The molecule has 0 unspecified atom stereocenters. The topological polar surface area (TPSA) is 42.7 Å². The van der Waals surface area contributed by atoms with Gasteiger partial charge in [0.05, 0.1) is 5.69 Å². The molecule has 2 rings (SSSR count). The molecular formula is C13H17FN4. The van der Waals surface area contributed by atoms with Gasteiger partial charge >= 0.3 is 0 Å². The first-order valence-corrected chi connectivity index (χ1v) is 6.01. The van der Waals surface area contributed by atoms with Crippen LogP contribution in [0.25, 0.3) is 5.69 Å². The Hall–Kier alpha value is -1.75. The van der Waals surface area contributed by atoms with Gasteiger partial charge in [-0.3, -0.25) is 0 Å². The minimum Gasteiger partial charge on any atom is -0.312 e. The van der Waals surface area contributed by atoms with Crippen molar-refractivity contribution in [3.05, 3.63) is 42.2 Å². The van der Waals surface area contributed by atoms with E-state index in [4.69, 9.17) is 0 Å². The number of benzene rings is 1. The van der Waals surface area contributed by atoms with Crippen molar-refractivity contribution in [3.8, 4) is 5.69 Å². The molecule has 0 saturated carbocycles. The summed E-state index contributed by atoms with van der Waals surface area (Å²) in [4.78, 5) is 3.91. The van der Waals surface area contributed by atoms with Crippen LogP contribution >= 0.6 is 0 Å². The first-order chi connectivity index (χ1) is 8.66. The van der Waals surface area contributed by atoms with Gasteiger partial charge in [-0.25, -0.2) is 14.1 Å². The van der Waals surface area contributed by atoms with E-state index in [2.05, 4.69) is 29.2 Å². The van der Waals surface area contributed by atoms with Crippen molar-refractivity contribution in [1.29, 1.82) is 0 Å². The number of hydrogen-bond acceptors (Lipinski definition) is 3. The summed E-state index contributed by atoms with van der Waals surface area (Å²) in [7, 11) is 0. The van der Waals surface area contributed by atoms with Crippen LogP contribution < -0.4 is 5.32 Å². The van der Waals surface area contributed by atoms with Crippen LogP contribution in [-0.2, 0) is 6.54 Å². The summed E-state index contributed by atoms with van der Waals surface area (Å²) in [6.45, 7) is 5.78. The number of halogens is 1. The molecule has 0 fully saturated rings. The van der Waals surface area contributed by atoms with Crippen LogP contribution in [0.5, 0.6) is 0 Å². The molecule has 1 aromatic heterocycles. The first kappa shape index (κ1) is 12.7. The zero-order valence-corrected chi connectivity index (χ0v) is 10.6. The molecule has 18 heavy (non-hydrogen) atoms. The van der Waals surface area contributed by atoms with Gasteiger partial charge in [0.15, 0.2) is 0 Å². The Bertz CT molecular complexity index is 494. The zero-order valence-electron chi connectivity index (χ0n) is 10.6. The fourth-order valence-corrected chi connectivity index (χ4v) is 1.75. The normalized spacial score (nSPS) is 11.1. The van der Waals surface area contributed by atoms with Gasteiger partial charge in [0.25, 0.3) is 0 Å². The Morgan fingerprint density at radius 2 is 2.22 bits per heavy atom. The third-order valence-corrected chi connectivity index (χ3v) is 2.58. The molecule has 0 aliphatic carbocycles. The number of aromatic nitrogens is 3. The molecule has 5 heteroatoms. The zero-order chi connectivity index (χ0) is 13.0. The lowest BCUT2D eigenvalue weighted by molar-refractivity contribution is 0.548. The smallest absolute Gasteiger partial charge is 0.138 e. The van der Waals surface area contributed by atoms with E-state index in [0.717, 1.165) is 17.8 Å². The summed E-state index contributed by atoms with van der Waals surface area (Å²) in [6, 6.07) is 4.68. The van der Waals surface area contributed by atoms with Crippen molar-refractivity contribution in [2.75, 3.05) is 6.54 Å². The van der Waals surface area contributed by atoms with E-state index in [-0.39, 0.29) is 5.82 Å². The third kappa shape index (κ3) is 3.13. The SMILES string of the molecule is CC(C)CNCc1cc(F)ccc1-n1cncn1. The molecule has 0 aliphatic rings. The van der Waals surface area contributed by atoms with Gasteiger partial charge in [-0.05, 0) is 36.2 Å². The molecule has 0 spiro atoms. The van der Waals surface area contributed by atoms with Crippen LogP contribution in [0.3, 0.4) is 0 Å². The van der Waals surface area contributed by atoms with Crippen LogP contribution in [0.4, 0.5) is 4.39 Å². The standard InChI is InChI=1S/C13H17FN4/c1-10(2)6-15-7-11-5-12(14)3-4-13(11)18-9-16-8-17-18/h3-5,8-10,15H,6-7H2,1-2H3. The summed E-state index contributed by atoms with van der Waals surface area (Å²) >= 11 is 0. The third-order valence-electron chi connectivity index (χ3n) is 2.58. The van der Waals surface area contributed by atoms with Crippen LogP contribution in [0.2, 0.25) is 0 Å². The summed E-state index contributed by atoms with van der Waals surface area (Å²) in [6.07, 6.45) is 3.08. The number of nitrogens with one attached hydrogen (secondary N) is 1. The van der Waals surface area contributed by atoms with E-state index in [9.17, 15) is 4.39 Å². The van der Waals surface area contributed by atoms with Gasteiger partial charge < -0.3 is 5.32 Å². The molecule has 96 valence electrons. The molecule has 0 amide bonds. The van der Waals surface area contributed by atoms with Crippen molar-refractivity contribution in [1.82, 2.24) is 20.1 Å². The monoisotopic (exact) mass is 248 g/mol. The highest BCUT2D eigenvalue weighted by Gasteiger charge is 2.07. The fraction of sp³-hybridized carbons (Fsp3) is 0.385. The molecule has 0 radical (unpaired) electrons. The Morgan fingerprint density at radius 1 is 1.39 bits per heavy atom. The van der Waals surface area contributed by atoms with Gasteiger partial charge in [-0.15, -0.1) is 0 Å². The van der Waals surface area contributed by atoms with Gasteiger partial charge in [0.1, 0.15) is 18.5 Å². The van der Waals surface area contributed by atoms with Gasteiger partial charge in [-0.2, -0.15) is 5.10 Å². The fourth-order valence-electron chi connectivity index (χ4n) is 1.75. The van der Waals surface area contributed by atoms with Crippen LogP contribution in [0, 0.1) is 11.7 Å². The molecule has 1 N–H and O–H groups in total. The molecular weight excluding hydrogens is 231 g/mol. The number of rotatable bonds is 5. The maximum Gasteiger partial charge on any atom is 0.138 e. The molecule has 0 atom stereocenters. The quantitative estimate of drug-likeness (QED) is 0.881. The second-order valence-electron chi connectivity index (χ2n) is 4.64. The lowest BCUT2D eigenvalue weighted by atomic mass is 10.1. The number of hydrogen-bond donors (Lipinski definition) is 1. The molecule has 0 bridgehead atoms. The van der Waals surface area contributed by atoms with E-state index in [1.807, 2.05) is 0 Å². The molecule has 2 aromatic rings. The maximum absolute atomic E-state index is 13.3. The van der Waals surface area contributed by atoms with E-state index in [0.29, 0.717) is 12.5 Å². The summed E-state index contributed by atoms with van der Waals surface area (Å²) in [5.41, 5.74) is 1.73. The maximum atomic E-state index is 13.3. The van der Waals surface area contributed by atoms with Crippen LogP contribution in [0.1, 0.15) is 19.4 Å². The van der Waals surface area contributed by atoms with E-state index in [1.54, 1.807) is 17.1 Å². The van der Waals surface area contributed by atoms with Crippen molar-refractivity contribution < 1.29 is 4.39 Å². The summed E-state index contributed by atoms with van der Waals surface area (Å²) < 4.78 is 14.9. The van der Waals surface area contributed by atoms with Gasteiger partial charge in [0, 0.05) is 6.54 Å². The molecule has 4 nitrogen and oxygen atoms in total. The average Bonchev–Trinajstić information content (AvgIpc) is 2.82. The van der Waals surface area contributed by atoms with E-state index in [1.165, 1.54) is 18.5 Å². The first-order valence-electron chi connectivity index (χ1n) is 6.01. The minimum absolute atomic E-state index is 0.236.